The molecule has 0 amide bonds. The molecule has 3 rings (SSSR count). The molecule has 23 heavy (non-hydrogen) atoms. The number of β-amino-alcohol motifs (C(OH)–C–C–N with tert-alkyl or cyclic N) is 1. The molecule has 0 saturated carbocycles. The molecule has 2 aliphatic rings. The van der Waals surface area contributed by atoms with Gasteiger partial charge in [-0.2, -0.15) is 0 Å². The third-order valence-corrected chi connectivity index (χ3v) is 4.52. The van der Waals surface area contributed by atoms with E-state index in [2.05, 4.69) is 22.3 Å². The Hall–Kier alpha value is -1.14. The molecule has 2 N–H and O–H groups in total. The fraction of sp³-hybridized carbons (Fsp3) is 0.667. The monoisotopic (exact) mass is 320 g/mol. The lowest BCUT2D eigenvalue weighted by Gasteiger charge is -2.21. The number of nitrogens with one attached hydrogen (secondary N) is 1. The molecular formula is C18H28N2O3. The first-order chi connectivity index (χ1) is 11.3. The normalized spacial score (nSPS) is 26.5. The van der Waals surface area contributed by atoms with Crippen LogP contribution in [0.5, 0.6) is 0 Å². The first-order valence-electron chi connectivity index (χ1n) is 8.71. The molecule has 2 saturated heterocycles. The molecule has 5 nitrogen and oxygen atoms in total. The highest BCUT2D eigenvalue weighted by molar-refractivity contribution is 5.43. The first kappa shape index (κ1) is 16.7. The van der Waals surface area contributed by atoms with Crippen LogP contribution >= 0.6 is 0 Å². The molecule has 0 aliphatic carbocycles. The summed E-state index contributed by atoms with van der Waals surface area (Å²) >= 11 is 0. The van der Waals surface area contributed by atoms with Gasteiger partial charge in [0.05, 0.1) is 25.4 Å². The molecule has 5 heteroatoms. The van der Waals surface area contributed by atoms with Gasteiger partial charge in [0, 0.05) is 38.0 Å². The fourth-order valence-corrected chi connectivity index (χ4v) is 3.35. The van der Waals surface area contributed by atoms with Gasteiger partial charge in [-0.3, -0.25) is 4.90 Å². The van der Waals surface area contributed by atoms with E-state index in [1.165, 1.54) is 5.69 Å². The van der Waals surface area contributed by atoms with E-state index in [4.69, 9.17) is 9.47 Å². The number of hydrogen-bond acceptors (Lipinski definition) is 5. The summed E-state index contributed by atoms with van der Waals surface area (Å²) in [6, 6.07) is 10.8. The van der Waals surface area contributed by atoms with E-state index in [-0.39, 0.29) is 6.10 Å². The maximum Gasteiger partial charge on any atom is 0.0900 e. The number of nitrogens with zero attached hydrogens (tertiary/aromatic N) is 1. The van der Waals surface area contributed by atoms with Gasteiger partial charge in [0.15, 0.2) is 0 Å². The van der Waals surface area contributed by atoms with Gasteiger partial charge < -0.3 is 19.9 Å². The highest BCUT2D eigenvalue weighted by atomic mass is 16.5. The molecule has 1 aromatic carbocycles. The lowest BCUT2D eigenvalue weighted by atomic mass is 10.2. The summed E-state index contributed by atoms with van der Waals surface area (Å²) in [6.07, 6.45) is 3.12. The molecule has 0 unspecified atom stereocenters. The topological polar surface area (TPSA) is 54.0 Å². The van der Waals surface area contributed by atoms with Crippen LogP contribution in [0.4, 0.5) is 5.69 Å². The first-order valence-corrected chi connectivity index (χ1v) is 8.71. The molecule has 1 aromatic rings. The lowest BCUT2D eigenvalue weighted by molar-refractivity contribution is -0.0236. The van der Waals surface area contributed by atoms with Gasteiger partial charge in [-0.25, -0.2) is 0 Å². The van der Waals surface area contributed by atoms with Crippen LogP contribution in [-0.2, 0) is 9.47 Å². The van der Waals surface area contributed by atoms with E-state index >= 15 is 0 Å². The van der Waals surface area contributed by atoms with E-state index in [9.17, 15) is 5.11 Å². The molecule has 0 spiro atoms. The molecule has 0 radical (unpaired) electrons. The molecule has 2 heterocycles. The molecule has 2 fully saturated rings. The van der Waals surface area contributed by atoms with Crippen molar-refractivity contribution < 1.29 is 14.6 Å². The Labute approximate surface area is 138 Å². The van der Waals surface area contributed by atoms with Crippen molar-refractivity contribution in [3.05, 3.63) is 30.3 Å². The van der Waals surface area contributed by atoms with E-state index in [1.54, 1.807) is 0 Å². The van der Waals surface area contributed by atoms with Crippen molar-refractivity contribution >= 4 is 5.69 Å². The second-order valence-corrected chi connectivity index (χ2v) is 6.58. The van der Waals surface area contributed by atoms with Gasteiger partial charge in [-0.1, -0.05) is 18.2 Å². The number of aliphatic hydroxyl groups is 1. The minimum Gasteiger partial charge on any atom is -0.389 e. The van der Waals surface area contributed by atoms with Crippen LogP contribution in [0.2, 0.25) is 0 Å². The number of para-hydroxylation sites is 1. The minimum absolute atomic E-state index is 0.230. The van der Waals surface area contributed by atoms with Crippen molar-refractivity contribution in [1.29, 1.82) is 0 Å². The van der Waals surface area contributed by atoms with Gasteiger partial charge in [-0.05, 0) is 31.4 Å². The van der Waals surface area contributed by atoms with Crippen LogP contribution in [0.25, 0.3) is 0 Å². The largest absolute Gasteiger partial charge is 0.389 e. The number of benzene rings is 1. The van der Waals surface area contributed by atoms with Crippen LogP contribution in [0.1, 0.15) is 19.3 Å². The number of likely N-dealkylation sites (tertiary alicyclic amines) is 1. The summed E-state index contributed by atoms with van der Waals surface area (Å²) in [6.45, 7) is 4.52. The van der Waals surface area contributed by atoms with Gasteiger partial charge in [0.25, 0.3) is 0 Å². The van der Waals surface area contributed by atoms with E-state index in [1.807, 2.05) is 18.2 Å². The second kappa shape index (κ2) is 8.64. The molecular weight excluding hydrogens is 292 g/mol. The molecule has 3 atom stereocenters. The standard InChI is InChI=1S/C18H28N2O3/c21-17(13-22-14-18-7-4-10-23-18)12-20-9-8-16(11-20)19-15-5-2-1-3-6-15/h1-3,5-6,16-19,21H,4,7-14H2/t16-,17-,18-/m0/s1. The SMILES string of the molecule is O[C@H](COC[C@@H]1CCCO1)CN1CC[C@H](Nc2ccccc2)C1. The summed E-state index contributed by atoms with van der Waals surface area (Å²) < 4.78 is 11.1. The Bertz CT molecular complexity index is 451. The smallest absolute Gasteiger partial charge is 0.0900 e. The molecule has 128 valence electrons. The van der Waals surface area contributed by atoms with E-state index < -0.39 is 6.10 Å². The van der Waals surface area contributed by atoms with Crippen LogP contribution in [0, 0.1) is 0 Å². The third kappa shape index (κ3) is 5.46. The highest BCUT2D eigenvalue weighted by Crippen LogP contribution is 2.16. The van der Waals surface area contributed by atoms with Crippen LogP contribution in [-0.4, -0.2) is 67.7 Å². The summed E-state index contributed by atoms with van der Waals surface area (Å²) in [7, 11) is 0. The number of aliphatic hydroxyl groups excluding tert-OH is 1. The van der Waals surface area contributed by atoms with Crippen LogP contribution in [0.3, 0.4) is 0 Å². The van der Waals surface area contributed by atoms with Crippen molar-refractivity contribution in [3.63, 3.8) is 0 Å². The summed E-state index contributed by atoms with van der Waals surface area (Å²) in [4.78, 5) is 2.31. The van der Waals surface area contributed by atoms with Gasteiger partial charge in [-0.15, -0.1) is 0 Å². The number of rotatable bonds is 8. The minimum atomic E-state index is -0.424. The Balaban J connectivity index is 1.31. The Morgan fingerprint density at radius 3 is 2.96 bits per heavy atom. The van der Waals surface area contributed by atoms with Gasteiger partial charge in [0.1, 0.15) is 0 Å². The van der Waals surface area contributed by atoms with Gasteiger partial charge >= 0.3 is 0 Å². The van der Waals surface area contributed by atoms with Crippen molar-refractivity contribution in [1.82, 2.24) is 4.90 Å². The Morgan fingerprint density at radius 2 is 2.17 bits per heavy atom. The number of anilines is 1. The maximum absolute atomic E-state index is 10.1. The zero-order valence-electron chi connectivity index (χ0n) is 13.7. The Kier molecular flexibility index (Phi) is 6.28. The lowest BCUT2D eigenvalue weighted by Crippen LogP contribution is -2.35. The van der Waals surface area contributed by atoms with E-state index in [0.717, 1.165) is 39.0 Å². The van der Waals surface area contributed by atoms with Crippen LogP contribution in [0.15, 0.2) is 30.3 Å². The quantitative estimate of drug-likeness (QED) is 0.764. The summed E-state index contributed by atoms with van der Waals surface area (Å²) in [5, 5.41) is 13.7. The highest BCUT2D eigenvalue weighted by Gasteiger charge is 2.24. The number of hydrogen-bond donors (Lipinski definition) is 2. The van der Waals surface area contributed by atoms with Crippen molar-refractivity contribution in [2.75, 3.05) is 44.8 Å². The zero-order valence-corrected chi connectivity index (χ0v) is 13.7. The summed E-state index contributed by atoms with van der Waals surface area (Å²) in [5.41, 5.74) is 1.17. The average molecular weight is 320 g/mol. The van der Waals surface area contributed by atoms with Crippen molar-refractivity contribution in [2.45, 2.75) is 37.5 Å². The van der Waals surface area contributed by atoms with Crippen molar-refractivity contribution in [2.24, 2.45) is 0 Å². The van der Waals surface area contributed by atoms with Gasteiger partial charge in [0.2, 0.25) is 0 Å². The Morgan fingerprint density at radius 1 is 1.30 bits per heavy atom. The molecule has 2 aliphatic heterocycles. The fourth-order valence-electron chi connectivity index (χ4n) is 3.35. The number of ether oxygens (including phenoxy) is 2. The summed E-state index contributed by atoms with van der Waals surface area (Å²) in [5.74, 6) is 0. The van der Waals surface area contributed by atoms with Crippen molar-refractivity contribution in [3.8, 4) is 0 Å². The second-order valence-electron chi connectivity index (χ2n) is 6.58. The average Bonchev–Trinajstić information content (AvgIpc) is 3.21. The van der Waals surface area contributed by atoms with E-state index in [0.29, 0.717) is 25.8 Å². The third-order valence-electron chi connectivity index (χ3n) is 4.52. The molecule has 0 aromatic heterocycles. The predicted octanol–water partition coefficient (Wildman–Crippen LogP) is 1.73. The molecule has 0 bridgehead atoms. The zero-order chi connectivity index (χ0) is 15.9. The maximum atomic E-state index is 10.1. The predicted molar refractivity (Wildman–Crippen MR) is 90.7 cm³/mol. The van der Waals surface area contributed by atoms with Crippen LogP contribution < -0.4 is 5.32 Å².